The van der Waals surface area contributed by atoms with Gasteiger partial charge in [0.15, 0.2) is 4.77 Å². The van der Waals surface area contributed by atoms with Crippen molar-refractivity contribution in [3.8, 4) is 0 Å². The number of nitrogens with zero attached hydrogens (tertiary/aromatic N) is 2. The minimum atomic E-state index is 0.187. The molecule has 0 unspecified atom stereocenters. The molecule has 1 fully saturated rings. The van der Waals surface area contributed by atoms with E-state index in [-0.39, 0.29) is 5.91 Å². The van der Waals surface area contributed by atoms with Crippen molar-refractivity contribution in [1.82, 2.24) is 20.2 Å². The van der Waals surface area contributed by atoms with Crippen molar-refractivity contribution in [3.05, 3.63) is 64.9 Å². The lowest BCUT2D eigenvalue weighted by atomic mass is 10.0. The summed E-state index contributed by atoms with van der Waals surface area (Å²) in [4.78, 5) is 22.4. The van der Waals surface area contributed by atoms with Gasteiger partial charge in [-0.2, -0.15) is 0 Å². The van der Waals surface area contributed by atoms with Crippen LogP contribution in [0.15, 0.2) is 54.6 Å². The van der Waals surface area contributed by atoms with Gasteiger partial charge in [-0.1, -0.05) is 48.9 Å². The molecule has 6 nitrogen and oxygen atoms in total. The van der Waals surface area contributed by atoms with Gasteiger partial charge in [0.2, 0.25) is 5.91 Å². The second-order valence-electron chi connectivity index (χ2n) is 8.78. The number of aromatic amines is 1. The number of benzene rings is 2. The van der Waals surface area contributed by atoms with Crippen LogP contribution in [0.1, 0.15) is 44.1 Å². The Labute approximate surface area is 200 Å². The fourth-order valence-electron chi connectivity index (χ4n) is 4.41. The van der Waals surface area contributed by atoms with Gasteiger partial charge < -0.3 is 15.6 Å². The van der Waals surface area contributed by atoms with Crippen molar-refractivity contribution in [2.24, 2.45) is 0 Å². The standard InChI is InChI=1S/C26H33N5OS/c32-24(28-21-14-17-31(18-15-21)19-20-9-3-1-4-10-20)13-5-2-8-16-27-25-22-11-6-7-12-23(22)29-26(33)30-25/h1,3-4,6-7,9-12,21H,2,5,8,13-19H2,(H,28,32)(H2,27,29,30,33). The van der Waals surface area contributed by atoms with Gasteiger partial charge >= 0.3 is 0 Å². The number of carbonyl (C=O) groups is 1. The van der Waals surface area contributed by atoms with E-state index in [9.17, 15) is 4.79 Å². The van der Waals surface area contributed by atoms with Crippen LogP contribution in [0.5, 0.6) is 0 Å². The highest BCUT2D eigenvalue weighted by atomic mass is 32.1. The molecule has 2 heterocycles. The summed E-state index contributed by atoms with van der Waals surface area (Å²) >= 11 is 5.23. The number of hydrogen-bond acceptors (Lipinski definition) is 5. The maximum absolute atomic E-state index is 12.4. The van der Waals surface area contributed by atoms with Gasteiger partial charge in [-0.05, 0) is 55.6 Å². The van der Waals surface area contributed by atoms with Crippen LogP contribution in [0, 0.1) is 4.77 Å². The van der Waals surface area contributed by atoms with E-state index in [1.54, 1.807) is 0 Å². The van der Waals surface area contributed by atoms with E-state index in [4.69, 9.17) is 12.2 Å². The monoisotopic (exact) mass is 463 g/mol. The van der Waals surface area contributed by atoms with Gasteiger partial charge in [0.05, 0.1) is 5.52 Å². The number of fused-ring (bicyclic) bond motifs is 1. The Hall–Kier alpha value is -2.77. The third-order valence-corrected chi connectivity index (χ3v) is 6.41. The van der Waals surface area contributed by atoms with Gasteiger partial charge in [-0.3, -0.25) is 9.69 Å². The Bertz CT molecular complexity index is 1090. The Morgan fingerprint density at radius 1 is 1.03 bits per heavy atom. The van der Waals surface area contributed by atoms with Crippen LogP contribution < -0.4 is 10.6 Å². The second kappa shape index (κ2) is 11.9. The molecule has 1 aromatic heterocycles. The van der Waals surface area contributed by atoms with Gasteiger partial charge in [0.1, 0.15) is 5.82 Å². The van der Waals surface area contributed by atoms with E-state index in [2.05, 4.69) is 55.8 Å². The highest BCUT2D eigenvalue weighted by molar-refractivity contribution is 7.71. The fraction of sp³-hybridized carbons (Fsp3) is 0.423. The molecule has 1 aliphatic rings. The molecule has 3 N–H and O–H groups in total. The van der Waals surface area contributed by atoms with Crippen LogP contribution >= 0.6 is 12.2 Å². The number of para-hydroxylation sites is 1. The maximum Gasteiger partial charge on any atom is 0.220 e. The highest BCUT2D eigenvalue weighted by Gasteiger charge is 2.20. The molecule has 0 spiro atoms. The molecule has 7 heteroatoms. The normalized spacial score (nSPS) is 14.9. The molecule has 1 saturated heterocycles. The van der Waals surface area contributed by atoms with E-state index in [0.717, 1.165) is 75.0 Å². The van der Waals surface area contributed by atoms with Crippen LogP contribution in [0.25, 0.3) is 10.9 Å². The van der Waals surface area contributed by atoms with Crippen molar-refractivity contribution in [1.29, 1.82) is 0 Å². The number of aromatic nitrogens is 2. The summed E-state index contributed by atoms with van der Waals surface area (Å²) in [6, 6.07) is 18.9. The van der Waals surface area contributed by atoms with Crippen molar-refractivity contribution in [2.45, 2.75) is 51.1 Å². The van der Waals surface area contributed by atoms with Crippen LogP contribution in [-0.4, -0.2) is 46.5 Å². The molecule has 2 aromatic carbocycles. The minimum Gasteiger partial charge on any atom is -0.369 e. The van der Waals surface area contributed by atoms with E-state index >= 15 is 0 Å². The summed E-state index contributed by atoms with van der Waals surface area (Å²) < 4.78 is 0.485. The van der Waals surface area contributed by atoms with Crippen LogP contribution in [0.4, 0.5) is 5.82 Å². The summed E-state index contributed by atoms with van der Waals surface area (Å²) in [5, 5.41) is 7.68. The predicted molar refractivity (Wildman–Crippen MR) is 137 cm³/mol. The third-order valence-electron chi connectivity index (χ3n) is 6.21. The van der Waals surface area contributed by atoms with Crippen molar-refractivity contribution >= 4 is 34.8 Å². The third kappa shape index (κ3) is 7.11. The summed E-state index contributed by atoms with van der Waals surface area (Å²) in [6.45, 7) is 3.89. The quantitative estimate of drug-likeness (QED) is 0.290. The first-order chi connectivity index (χ1) is 16.2. The largest absolute Gasteiger partial charge is 0.369 e. The number of rotatable bonds is 10. The average molecular weight is 464 g/mol. The maximum atomic E-state index is 12.4. The van der Waals surface area contributed by atoms with Crippen LogP contribution in [-0.2, 0) is 11.3 Å². The molecule has 3 aromatic rings. The average Bonchev–Trinajstić information content (AvgIpc) is 2.83. The SMILES string of the molecule is O=C(CCCCCNc1nc(=S)[nH]c2ccccc12)NC1CCN(Cc2ccccc2)CC1. The number of likely N-dealkylation sites (tertiary alicyclic amines) is 1. The van der Waals surface area contributed by atoms with E-state index in [1.165, 1.54) is 5.56 Å². The Balaban J connectivity index is 1.09. The zero-order valence-corrected chi connectivity index (χ0v) is 19.9. The summed E-state index contributed by atoms with van der Waals surface area (Å²) in [5.41, 5.74) is 2.34. The number of nitrogens with one attached hydrogen (secondary N) is 3. The lowest BCUT2D eigenvalue weighted by Gasteiger charge is -2.32. The lowest BCUT2D eigenvalue weighted by molar-refractivity contribution is -0.122. The number of hydrogen-bond donors (Lipinski definition) is 3. The molecule has 1 amide bonds. The molecule has 0 aliphatic carbocycles. The minimum absolute atomic E-state index is 0.187. The van der Waals surface area contributed by atoms with E-state index in [0.29, 0.717) is 17.2 Å². The molecule has 1 aliphatic heterocycles. The van der Waals surface area contributed by atoms with Gasteiger partial charge in [-0.25, -0.2) is 4.98 Å². The van der Waals surface area contributed by atoms with Crippen LogP contribution in [0.2, 0.25) is 0 Å². The molecule has 0 atom stereocenters. The molecule has 4 rings (SSSR count). The molecule has 0 saturated carbocycles. The molecular weight excluding hydrogens is 430 g/mol. The lowest BCUT2D eigenvalue weighted by Crippen LogP contribution is -2.44. The second-order valence-corrected chi connectivity index (χ2v) is 9.16. The summed E-state index contributed by atoms with van der Waals surface area (Å²) in [6.07, 6.45) is 5.57. The van der Waals surface area contributed by atoms with Gasteiger partial charge in [0, 0.05) is 44.0 Å². The number of amides is 1. The predicted octanol–water partition coefficient (Wildman–Crippen LogP) is 5.05. The van der Waals surface area contributed by atoms with Crippen molar-refractivity contribution < 1.29 is 4.79 Å². The molecule has 0 bridgehead atoms. The Morgan fingerprint density at radius 3 is 2.61 bits per heavy atom. The van der Waals surface area contributed by atoms with E-state index in [1.807, 2.05) is 24.3 Å². The molecule has 174 valence electrons. The topological polar surface area (TPSA) is 73.0 Å². The van der Waals surface area contributed by atoms with Gasteiger partial charge in [-0.15, -0.1) is 0 Å². The first-order valence-corrected chi connectivity index (χ1v) is 12.4. The number of carbonyl (C=O) groups excluding carboxylic acids is 1. The van der Waals surface area contributed by atoms with Crippen molar-refractivity contribution in [3.63, 3.8) is 0 Å². The summed E-state index contributed by atoms with van der Waals surface area (Å²) in [7, 11) is 0. The van der Waals surface area contributed by atoms with Crippen LogP contribution in [0.3, 0.4) is 0 Å². The zero-order valence-electron chi connectivity index (χ0n) is 19.1. The first kappa shape index (κ1) is 23.4. The number of H-pyrrole nitrogens is 1. The van der Waals surface area contributed by atoms with Gasteiger partial charge in [0.25, 0.3) is 0 Å². The fourth-order valence-corrected chi connectivity index (χ4v) is 4.61. The zero-order chi connectivity index (χ0) is 22.9. The Morgan fingerprint density at radius 2 is 1.79 bits per heavy atom. The Kier molecular flexibility index (Phi) is 8.44. The number of piperidine rings is 1. The highest BCUT2D eigenvalue weighted by Crippen LogP contribution is 2.19. The van der Waals surface area contributed by atoms with E-state index < -0.39 is 0 Å². The molecular formula is C26H33N5OS. The number of anilines is 1. The molecule has 33 heavy (non-hydrogen) atoms. The smallest absolute Gasteiger partial charge is 0.220 e. The first-order valence-electron chi connectivity index (χ1n) is 12.0. The molecule has 0 radical (unpaired) electrons. The number of unbranched alkanes of at least 4 members (excludes halogenated alkanes) is 2. The summed E-state index contributed by atoms with van der Waals surface area (Å²) in [5.74, 6) is 1.01. The van der Waals surface area contributed by atoms with Crippen molar-refractivity contribution in [2.75, 3.05) is 25.0 Å².